The highest BCUT2D eigenvalue weighted by Crippen LogP contribution is 2.25. The number of carbonyl (C=O) groups excluding carboxylic acids is 5. The van der Waals surface area contributed by atoms with Crippen LogP contribution in [0.2, 0.25) is 0 Å². The number of thioether (sulfide) groups is 1. The summed E-state index contributed by atoms with van der Waals surface area (Å²) >= 11 is 0.911. The minimum atomic E-state index is -1.28. The molecule has 0 aromatic heterocycles. The number of ether oxygens (including phenoxy) is 2. The van der Waals surface area contributed by atoms with Gasteiger partial charge in [-0.25, -0.2) is 0 Å². The van der Waals surface area contributed by atoms with Gasteiger partial charge in [0, 0.05) is 37.1 Å². The maximum Gasteiger partial charge on any atom is 0.315 e. The van der Waals surface area contributed by atoms with Crippen molar-refractivity contribution in [3.05, 3.63) is 0 Å². The molecule has 152 valence electrons. The van der Waals surface area contributed by atoms with Crippen LogP contribution in [0.1, 0.15) is 40.0 Å². The molecule has 0 bridgehead atoms. The second-order valence-corrected chi connectivity index (χ2v) is 7.81. The molecule has 0 unspecified atom stereocenters. The minimum Gasteiger partial charge on any atom is -0.465 e. The Morgan fingerprint density at radius 2 is 1.93 bits per heavy atom. The fourth-order valence-electron chi connectivity index (χ4n) is 2.19. The molecule has 10 heteroatoms. The highest BCUT2D eigenvalue weighted by molar-refractivity contribution is 8.13. The molecule has 2 amide bonds. The highest BCUT2D eigenvalue weighted by Gasteiger charge is 2.40. The number of rotatable bonds is 4. The molecule has 1 aliphatic rings. The number of amides is 2. The number of esters is 2. The topological polar surface area (TPSA) is 128 Å². The molecular formula is C17H26N2O7S. The monoisotopic (exact) mass is 402 g/mol. The van der Waals surface area contributed by atoms with Gasteiger partial charge >= 0.3 is 11.9 Å². The maximum absolute atomic E-state index is 12.5. The van der Waals surface area contributed by atoms with Crippen LogP contribution in [0.4, 0.5) is 0 Å². The van der Waals surface area contributed by atoms with Gasteiger partial charge in [0.1, 0.15) is 13.0 Å². The Morgan fingerprint density at radius 1 is 1.22 bits per heavy atom. The second kappa shape index (κ2) is 10.9. The van der Waals surface area contributed by atoms with Crippen molar-refractivity contribution in [1.82, 2.24) is 10.6 Å². The SMILES string of the molecule is CCC(=O)OCC(C)(C)[C@H]1OC(=O)CC(=O)SCCNC(=O)CCNC1=O. The first-order valence-electron chi connectivity index (χ1n) is 8.71. The lowest BCUT2D eigenvalue weighted by molar-refractivity contribution is -0.169. The smallest absolute Gasteiger partial charge is 0.315 e. The molecule has 0 radical (unpaired) electrons. The Morgan fingerprint density at radius 3 is 2.59 bits per heavy atom. The number of carbonyl (C=O) groups is 5. The normalized spacial score (nSPS) is 20.8. The van der Waals surface area contributed by atoms with Gasteiger partial charge in [-0.2, -0.15) is 0 Å². The van der Waals surface area contributed by atoms with Gasteiger partial charge in [-0.05, 0) is 0 Å². The average molecular weight is 402 g/mol. The van der Waals surface area contributed by atoms with E-state index in [1.54, 1.807) is 20.8 Å². The Balaban J connectivity index is 2.92. The molecule has 1 saturated heterocycles. The Kier molecular flexibility index (Phi) is 9.27. The summed E-state index contributed by atoms with van der Waals surface area (Å²) in [5.74, 6) is -1.81. The third-order valence-electron chi connectivity index (χ3n) is 3.72. The van der Waals surface area contributed by atoms with Crippen LogP contribution in [-0.2, 0) is 33.4 Å². The van der Waals surface area contributed by atoms with Crippen molar-refractivity contribution in [2.24, 2.45) is 5.41 Å². The molecule has 0 saturated carbocycles. The fraction of sp³-hybridized carbons (Fsp3) is 0.706. The van der Waals surface area contributed by atoms with Crippen molar-refractivity contribution >= 4 is 40.6 Å². The van der Waals surface area contributed by atoms with Gasteiger partial charge in [0.15, 0.2) is 11.2 Å². The van der Waals surface area contributed by atoms with E-state index in [0.29, 0.717) is 5.75 Å². The molecule has 9 nitrogen and oxygen atoms in total. The van der Waals surface area contributed by atoms with Crippen molar-refractivity contribution in [1.29, 1.82) is 0 Å². The summed E-state index contributed by atoms with van der Waals surface area (Å²) in [6, 6.07) is 0. The van der Waals surface area contributed by atoms with Crippen molar-refractivity contribution in [3.8, 4) is 0 Å². The number of hydrogen-bond acceptors (Lipinski definition) is 8. The van der Waals surface area contributed by atoms with Crippen LogP contribution in [0.3, 0.4) is 0 Å². The Labute approximate surface area is 162 Å². The third-order valence-corrected chi connectivity index (χ3v) is 4.59. The van der Waals surface area contributed by atoms with E-state index >= 15 is 0 Å². The van der Waals surface area contributed by atoms with Crippen molar-refractivity contribution in [3.63, 3.8) is 0 Å². The zero-order valence-electron chi connectivity index (χ0n) is 15.8. The molecule has 1 atom stereocenters. The standard InChI is InChI=1S/C17H26N2O7S/c1-4-12(21)25-10-17(2,3)15-16(24)19-6-5-11(20)18-7-8-27-14(23)9-13(22)26-15/h15H,4-10H2,1-3H3,(H,18,20)(H,19,24)/t15-/m0/s1. The largest absolute Gasteiger partial charge is 0.465 e. The van der Waals surface area contributed by atoms with E-state index < -0.39 is 40.9 Å². The number of hydrogen-bond donors (Lipinski definition) is 2. The number of cyclic esters (lactones) is 1. The Bertz CT molecular complexity index is 592. The summed E-state index contributed by atoms with van der Waals surface area (Å²) in [5, 5.41) is 4.76. The quantitative estimate of drug-likeness (QED) is 0.503. The van der Waals surface area contributed by atoms with E-state index in [4.69, 9.17) is 9.47 Å². The van der Waals surface area contributed by atoms with Crippen LogP contribution in [0.15, 0.2) is 0 Å². The van der Waals surface area contributed by atoms with E-state index in [1.807, 2.05) is 0 Å². The molecule has 2 N–H and O–H groups in total. The molecule has 0 aromatic rings. The van der Waals surface area contributed by atoms with Crippen molar-refractivity contribution in [2.75, 3.05) is 25.4 Å². The molecule has 1 rings (SSSR count). The summed E-state index contributed by atoms with van der Waals surface area (Å²) in [4.78, 5) is 59.5. The van der Waals surface area contributed by atoms with Gasteiger partial charge in [0.05, 0.1) is 0 Å². The van der Waals surface area contributed by atoms with Crippen LogP contribution in [0.25, 0.3) is 0 Å². The number of nitrogens with one attached hydrogen (secondary N) is 2. The zero-order valence-corrected chi connectivity index (χ0v) is 16.6. The van der Waals surface area contributed by atoms with E-state index in [9.17, 15) is 24.0 Å². The third kappa shape index (κ3) is 8.42. The molecule has 1 heterocycles. The zero-order chi connectivity index (χ0) is 20.4. The van der Waals surface area contributed by atoms with Crippen molar-refractivity contribution in [2.45, 2.75) is 46.1 Å². The second-order valence-electron chi connectivity index (χ2n) is 6.66. The lowest BCUT2D eigenvalue weighted by atomic mass is 9.86. The van der Waals surface area contributed by atoms with Gasteiger partial charge in [0.2, 0.25) is 5.91 Å². The van der Waals surface area contributed by atoms with E-state index in [2.05, 4.69) is 10.6 Å². The summed E-state index contributed by atoms with van der Waals surface area (Å²) in [6.45, 7) is 5.07. The molecule has 1 fully saturated rings. The molecule has 1 aliphatic heterocycles. The van der Waals surface area contributed by atoms with Gasteiger partial charge in [-0.15, -0.1) is 0 Å². The summed E-state index contributed by atoms with van der Waals surface area (Å²) < 4.78 is 10.4. The maximum atomic E-state index is 12.5. The van der Waals surface area contributed by atoms with Crippen LogP contribution in [0.5, 0.6) is 0 Å². The summed E-state index contributed by atoms with van der Waals surface area (Å²) in [5.41, 5.74) is -1.03. The molecule has 0 aromatic carbocycles. The van der Waals surface area contributed by atoms with E-state index in [-0.39, 0.29) is 38.4 Å². The van der Waals surface area contributed by atoms with E-state index in [0.717, 1.165) is 11.8 Å². The first kappa shape index (κ1) is 22.9. The minimum absolute atomic E-state index is 0.0519. The van der Waals surface area contributed by atoms with Crippen LogP contribution in [0, 0.1) is 5.41 Å². The van der Waals surface area contributed by atoms with Gasteiger partial charge in [-0.1, -0.05) is 32.5 Å². The highest BCUT2D eigenvalue weighted by atomic mass is 32.2. The van der Waals surface area contributed by atoms with Crippen molar-refractivity contribution < 1.29 is 33.4 Å². The van der Waals surface area contributed by atoms with Crippen LogP contribution in [-0.4, -0.2) is 60.4 Å². The molecule has 0 spiro atoms. The van der Waals surface area contributed by atoms with Gasteiger partial charge in [-0.3, -0.25) is 24.0 Å². The van der Waals surface area contributed by atoms with Crippen LogP contribution < -0.4 is 10.6 Å². The lowest BCUT2D eigenvalue weighted by Crippen LogP contribution is -2.49. The molecule has 0 aliphatic carbocycles. The lowest BCUT2D eigenvalue weighted by Gasteiger charge is -2.32. The predicted octanol–water partition coefficient (Wildman–Crippen LogP) is 0.164. The Hall–Kier alpha value is -2.10. The summed E-state index contributed by atoms with van der Waals surface area (Å²) in [6.07, 6.45) is -1.55. The molecular weight excluding hydrogens is 376 g/mol. The predicted molar refractivity (Wildman–Crippen MR) is 97.6 cm³/mol. The van der Waals surface area contributed by atoms with E-state index in [1.165, 1.54) is 0 Å². The first-order chi connectivity index (χ1) is 12.7. The fourth-order valence-corrected chi connectivity index (χ4v) is 2.84. The average Bonchev–Trinajstić information content (AvgIpc) is 2.60. The van der Waals surface area contributed by atoms with Gasteiger partial charge in [0.25, 0.3) is 5.91 Å². The molecule has 27 heavy (non-hydrogen) atoms. The summed E-state index contributed by atoms with van der Waals surface area (Å²) in [7, 11) is 0. The van der Waals surface area contributed by atoms with Crippen LogP contribution >= 0.6 is 11.8 Å². The van der Waals surface area contributed by atoms with Gasteiger partial charge < -0.3 is 20.1 Å². The first-order valence-corrected chi connectivity index (χ1v) is 9.69.